The van der Waals surface area contributed by atoms with Crippen LogP contribution in [0.4, 0.5) is 5.95 Å². The van der Waals surface area contributed by atoms with E-state index in [1.807, 2.05) is 37.3 Å². The van der Waals surface area contributed by atoms with Crippen LogP contribution in [-0.4, -0.2) is 21.1 Å². The highest BCUT2D eigenvalue weighted by Gasteiger charge is 2.07. The van der Waals surface area contributed by atoms with Crippen molar-refractivity contribution in [3.63, 3.8) is 0 Å². The zero-order chi connectivity index (χ0) is 12.3. The first-order valence-corrected chi connectivity index (χ1v) is 5.21. The maximum Gasteiger partial charge on any atom is 0.323 e. The number of anilines is 1. The van der Waals surface area contributed by atoms with Gasteiger partial charge in [0, 0.05) is 0 Å². The Bertz CT molecular complexity index is 564. The predicted octanol–water partition coefficient (Wildman–Crippen LogP) is 0.728. The van der Waals surface area contributed by atoms with Crippen molar-refractivity contribution in [2.24, 2.45) is 0 Å². The molecule has 1 aromatic carbocycles. The third-order valence-electron chi connectivity index (χ3n) is 2.14. The van der Waals surface area contributed by atoms with Crippen LogP contribution in [0.5, 0.6) is 6.01 Å². The summed E-state index contributed by atoms with van der Waals surface area (Å²) in [6.45, 7) is 2.26. The Morgan fingerprint density at radius 1 is 1.29 bits per heavy atom. The second-order valence-electron chi connectivity index (χ2n) is 3.29. The molecular weight excluding hydrogens is 218 g/mol. The Hall–Kier alpha value is -2.37. The standard InChI is InChI=1S/C11H13N5O/c1-2-17-11-14-9(12)16(10(13)15-11)8-6-4-3-5-7-8/h3-7H,2H2,1H3,(H3,12,13,14,15). The summed E-state index contributed by atoms with van der Waals surface area (Å²) in [4.78, 5) is 7.90. The molecule has 0 bridgehead atoms. The number of nitrogens with zero attached hydrogens (tertiary/aromatic N) is 3. The first kappa shape index (κ1) is 11.1. The molecule has 3 N–H and O–H groups in total. The minimum Gasteiger partial charge on any atom is -0.464 e. The fourth-order valence-electron chi connectivity index (χ4n) is 1.45. The van der Waals surface area contributed by atoms with E-state index in [4.69, 9.17) is 15.9 Å². The van der Waals surface area contributed by atoms with E-state index >= 15 is 0 Å². The van der Waals surface area contributed by atoms with Gasteiger partial charge in [-0.15, -0.1) is 0 Å². The number of nitrogens with one attached hydrogen (secondary N) is 1. The van der Waals surface area contributed by atoms with Gasteiger partial charge in [-0.1, -0.05) is 18.2 Å². The van der Waals surface area contributed by atoms with Gasteiger partial charge in [-0.05, 0) is 19.1 Å². The normalized spacial score (nSPS) is 10.2. The lowest BCUT2D eigenvalue weighted by Crippen LogP contribution is -2.26. The summed E-state index contributed by atoms with van der Waals surface area (Å²) in [5.74, 6) is 0.180. The summed E-state index contributed by atoms with van der Waals surface area (Å²) in [6, 6.07) is 9.40. The van der Waals surface area contributed by atoms with Crippen molar-refractivity contribution in [3.8, 4) is 11.7 Å². The molecule has 0 spiro atoms. The molecule has 0 saturated heterocycles. The molecule has 2 aromatic rings. The first-order valence-electron chi connectivity index (χ1n) is 5.21. The minimum atomic E-state index is -0.00727. The molecule has 0 atom stereocenters. The molecular formula is C11H13N5O. The predicted molar refractivity (Wildman–Crippen MR) is 62.8 cm³/mol. The van der Waals surface area contributed by atoms with Crippen LogP contribution in [-0.2, 0) is 0 Å². The Labute approximate surface area is 98.2 Å². The average molecular weight is 231 g/mol. The summed E-state index contributed by atoms with van der Waals surface area (Å²) in [5.41, 5.74) is 6.54. The molecule has 1 heterocycles. The Balaban J connectivity index is 2.53. The number of nitrogens with two attached hydrogens (primary N) is 1. The fraction of sp³-hybridized carbons (Fsp3) is 0.182. The highest BCUT2D eigenvalue weighted by molar-refractivity contribution is 5.37. The SMILES string of the molecule is CCOc1nc(N)n(-c2ccccc2)c(=N)n1. The number of nitrogen functional groups attached to an aromatic ring is 1. The van der Waals surface area contributed by atoms with Crippen LogP contribution in [0.1, 0.15) is 6.92 Å². The summed E-state index contributed by atoms with van der Waals surface area (Å²) in [7, 11) is 0. The van der Waals surface area contributed by atoms with Crippen LogP contribution >= 0.6 is 0 Å². The van der Waals surface area contributed by atoms with Gasteiger partial charge in [0.2, 0.25) is 11.6 Å². The minimum absolute atomic E-state index is 0.00727. The molecule has 0 aliphatic heterocycles. The smallest absolute Gasteiger partial charge is 0.323 e. The lowest BCUT2D eigenvalue weighted by atomic mass is 10.3. The van der Waals surface area contributed by atoms with Gasteiger partial charge in [0.05, 0.1) is 12.3 Å². The Kier molecular flexibility index (Phi) is 3.04. The highest BCUT2D eigenvalue weighted by Crippen LogP contribution is 2.09. The van der Waals surface area contributed by atoms with Crippen molar-refractivity contribution in [1.82, 2.24) is 14.5 Å². The molecule has 0 aliphatic carbocycles. The average Bonchev–Trinajstić information content (AvgIpc) is 2.30. The van der Waals surface area contributed by atoms with Crippen molar-refractivity contribution in [1.29, 1.82) is 5.41 Å². The van der Waals surface area contributed by atoms with E-state index in [0.717, 1.165) is 5.69 Å². The number of hydrogen-bond donors (Lipinski definition) is 2. The van der Waals surface area contributed by atoms with E-state index in [0.29, 0.717) is 6.61 Å². The number of benzene rings is 1. The number of ether oxygens (including phenoxy) is 1. The number of rotatable bonds is 3. The van der Waals surface area contributed by atoms with Gasteiger partial charge in [-0.2, -0.15) is 9.97 Å². The van der Waals surface area contributed by atoms with Crippen LogP contribution in [0.15, 0.2) is 30.3 Å². The Morgan fingerprint density at radius 2 is 2.00 bits per heavy atom. The van der Waals surface area contributed by atoms with E-state index in [2.05, 4.69) is 9.97 Å². The first-order chi connectivity index (χ1) is 8.22. The van der Waals surface area contributed by atoms with Crippen molar-refractivity contribution in [3.05, 3.63) is 36.0 Å². The second kappa shape index (κ2) is 4.65. The molecule has 6 nitrogen and oxygen atoms in total. The molecule has 0 amide bonds. The van der Waals surface area contributed by atoms with Gasteiger partial charge in [0.25, 0.3) is 0 Å². The molecule has 0 radical (unpaired) electrons. The van der Waals surface area contributed by atoms with Crippen molar-refractivity contribution < 1.29 is 4.74 Å². The monoisotopic (exact) mass is 231 g/mol. The van der Waals surface area contributed by atoms with E-state index in [1.165, 1.54) is 4.57 Å². The molecule has 0 fully saturated rings. The summed E-state index contributed by atoms with van der Waals surface area (Å²) in [6.07, 6.45) is 0. The number of aromatic nitrogens is 3. The van der Waals surface area contributed by atoms with E-state index in [1.54, 1.807) is 0 Å². The fourth-order valence-corrected chi connectivity index (χ4v) is 1.45. The molecule has 88 valence electrons. The lowest BCUT2D eigenvalue weighted by Gasteiger charge is -2.10. The zero-order valence-corrected chi connectivity index (χ0v) is 9.42. The van der Waals surface area contributed by atoms with Crippen LogP contribution in [0, 0.1) is 5.41 Å². The summed E-state index contributed by atoms with van der Waals surface area (Å²) in [5, 5.41) is 7.82. The van der Waals surface area contributed by atoms with Crippen molar-refractivity contribution >= 4 is 5.95 Å². The van der Waals surface area contributed by atoms with Crippen molar-refractivity contribution in [2.75, 3.05) is 12.3 Å². The number of para-hydroxylation sites is 1. The third-order valence-corrected chi connectivity index (χ3v) is 2.14. The quantitative estimate of drug-likeness (QED) is 0.814. The largest absolute Gasteiger partial charge is 0.464 e. The molecule has 0 saturated carbocycles. The molecule has 1 aromatic heterocycles. The molecule has 6 heteroatoms. The van der Waals surface area contributed by atoms with Crippen LogP contribution < -0.4 is 16.1 Å². The van der Waals surface area contributed by atoms with Gasteiger partial charge >= 0.3 is 6.01 Å². The molecule has 0 unspecified atom stereocenters. The Morgan fingerprint density at radius 3 is 2.59 bits per heavy atom. The van der Waals surface area contributed by atoms with Gasteiger partial charge < -0.3 is 10.5 Å². The second-order valence-corrected chi connectivity index (χ2v) is 3.29. The molecule has 17 heavy (non-hydrogen) atoms. The molecule has 0 aliphatic rings. The highest BCUT2D eigenvalue weighted by atomic mass is 16.5. The summed E-state index contributed by atoms with van der Waals surface area (Å²) < 4.78 is 6.57. The maximum atomic E-state index is 7.82. The van der Waals surface area contributed by atoms with E-state index in [9.17, 15) is 0 Å². The summed E-state index contributed by atoms with van der Waals surface area (Å²) >= 11 is 0. The van der Waals surface area contributed by atoms with Crippen LogP contribution in [0.3, 0.4) is 0 Å². The maximum absolute atomic E-state index is 7.82. The lowest BCUT2D eigenvalue weighted by molar-refractivity contribution is 0.309. The number of hydrogen-bond acceptors (Lipinski definition) is 5. The van der Waals surface area contributed by atoms with Crippen LogP contribution in [0.2, 0.25) is 0 Å². The molecule has 2 rings (SSSR count). The zero-order valence-electron chi connectivity index (χ0n) is 9.42. The third kappa shape index (κ3) is 2.25. The topological polar surface area (TPSA) is 89.8 Å². The van der Waals surface area contributed by atoms with Gasteiger partial charge in [-0.3, -0.25) is 5.41 Å². The van der Waals surface area contributed by atoms with E-state index in [-0.39, 0.29) is 17.6 Å². The van der Waals surface area contributed by atoms with E-state index < -0.39 is 0 Å². The van der Waals surface area contributed by atoms with Gasteiger partial charge in [0.15, 0.2) is 0 Å². The van der Waals surface area contributed by atoms with Gasteiger partial charge in [0.1, 0.15) is 0 Å². The van der Waals surface area contributed by atoms with Crippen LogP contribution in [0.25, 0.3) is 5.69 Å². The van der Waals surface area contributed by atoms with Crippen molar-refractivity contribution in [2.45, 2.75) is 6.92 Å². The van der Waals surface area contributed by atoms with Gasteiger partial charge in [-0.25, -0.2) is 4.57 Å².